The lowest BCUT2D eigenvalue weighted by Crippen LogP contribution is -2.49. The maximum atomic E-state index is 13.1. The van der Waals surface area contributed by atoms with Crippen molar-refractivity contribution < 1.29 is 27.4 Å². The molecule has 0 N–H and O–H groups in total. The van der Waals surface area contributed by atoms with Crippen molar-refractivity contribution in [3.63, 3.8) is 0 Å². The van der Waals surface area contributed by atoms with Gasteiger partial charge in [-0.2, -0.15) is 4.31 Å². The van der Waals surface area contributed by atoms with Crippen molar-refractivity contribution in [2.75, 3.05) is 52.4 Å². The highest BCUT2D eigenvalue weighted by atomic mass is 32.2. The van der Waals surface area contributed by atoms with E-state index in [9.17, 15) is 13.2 Å². The number of rotatable bonds is 6. The number of esters is 1. The van der Waals surface area contributed by atoms with E-state index in [0.29, 0.717) is 24.6 Å². The van der Waals surface area contributed by atoms with Crippen molar-refractivity contribution in [2.45, 2.75) is 4.90 Å². The highest BCUT2D eigenvalue weighted by Crippen LogP contribution is 2.33. The van der Waals surface area contributed by atoms with Crippen LogP contribution in [0.25, 0.3) is 0 Å². The quantitative estimate of drug-likeness (QED) is 0.661. The average molecular weight is 420 g/mol. The number of ether oxygens (including phenoxy) is 3. The summed E-state index contributed by atoms with van der Waals surface area (Å²) in [6, 6.07) is 11.6. The van der Waals surface area contributed by atoms with Gasteiger partial charge in [-0.05, 0) is 24.3 Å². The molecule has 0 atom stereocenters. The monoisotopic (exact) mass is 420 g/mol. The molecular weight excluding hydrogens is 396 g/mol. The van der Waals surface area contributed by atoms with E-state index in [4.69, 9.17) is 14.2 Å². The smallest absolute Gasteiger partial charge is 0.339 e. The Balaban J connectivity index is 1.80. The summed E-state index contributed by atoms with van der Waals surface area (Å²) in [6.07, 6.45) is 0. The SMILES string of the molecule is COC(=O)c1ccccc1S(=O)(=O)N1CCN(c2ccc(OC)cc2OC)CC1. The van der Waals surface area contributed by atoms with Crippen LogP contribution in [0.2, 0.25) is 0 Å². The van der Waals surface area contributed by atoms with Gasteiger partial charge in [-0.3, -0.25) is 0 Å². The molecule has 0 aromatic heterocycles. The van der Waals surface area contributed by atoms with E-state index in [-0.39, 0.29) is 23.5 Å². The van der Waals surface area contributed by atoms with Crippen LogP contribution < -0.4 is 14.4 Å². The molecule has 2 aromatic rings. The second kappa shape index (κ2) is 8.71. The second-order valence-electron chi connectivity index (χ2n) is 6.42. The maximum absolute atomic E-state index is 13.1. The van der Waals surface area contributed by atoms with Crippen molar-refractivity contribution in [1.29, 1.82) is 0 Å². The highest BCUT2D eigenvalue weighted by molar-refractivity contribution is 7.89. The van der Waals surface area contributed by atoms with Crippen LogP contribution in [0.15, 0.2) is 47.4 Å². The van der Waals surface area contributed by atoms with Gasteiger partial charge >= 0.3 is 5.97 Å². The van der Waals surface area contributed by atoms with E-state index >= 15 is 0 Å². The van der Waals surface area contributed by atoms with E-state index < -0.39 is 16.0 Å². The van der Waals surface area contributed by atoms with Gasteiger partial charge < -0.3 is 19.1 Å². The summed E-state index contributed by atoms with van der Waals surface area (Å²) in [5, 5.41) is 0. The van der Waals surface area contributed by atoms with Crippen LogP contribution in [0, 0.1) is 0 Å². The molecule has 0 unspecified atom stereocenters. The third-order valence-electron chi connectivity index (χ3n) is 4.88. The second-order valence-corrected chi connectivity index (χ2v) is 8.32. The number of benzene rings is 2. The van der Waals surface area contributed by atoms with Crippen LogP contribution in [0.3, 0.4) is 0 Å². The van der Waals surface area contributed by atoms with Gasteiger partial charge in [-0.25, -0.2) is 13.2 Å². The van der Waals surface area contributed by atoms with Crippen molar-refractivity contribution in [2.24, 2.45) is 0 Å². The Bertz CT molecular complexity index is 984. The minimum atomic E-state index is -3.83. The topological polar surface area (TPSA) is 85.4 Å². The van der Waals surface area contributed by atoms with E-state index in [1.165, 1.54) is 23.5 Å². The molecule has 1 aliphatic heterocycles. The molecule has 0 amide bonds. The van der Waals surface area contributed by atoms with Gasteiger partial charge in [-0.1, -0.05) is 12.1 Å². The molecule has 8 nitrogen and oxygen atoms in total. The number of hydrogen-bond donors (Lipinski definition) is 0. The van der Waals surface area contributed by atoms with Gasteiger partial charge in [0.2, 0.25) is 10.0 Å². The number of sulfonamides is 1. The lowest BCUT2D eigenvalue weighted by atomic mass is 10.2. The van der Waals surface area contributed by atoms with Gasteiger partial charge in [0.05, 0.1) is 37.5 Å². The van der Waals surface area contributed by atoms with Crippen LogP contribution >= 0.6 is 0 Å². The number of carbonyl (C=O) groups is 1. The van der Waals surface area contributed by atoms with Gasteiger partial charge in [0, 0.05) is 32.2 Å². The molecule has 0 spiro atoms. The number of hydrogen-bond acceptors (Lipinski definition) is 7. The number of piperazine rings is 1. The van der Waals surface area contributed by atoms with Crippen LogP contribution in [0.1, 0.15) is 10.4 Å². The molecule has 9 heteroatoms. The molecule has 156 valence electrons. The largest absolute Gasteiger partial charge is 0.497 e. The van der Waals surface area contributed by atoms with E-state index in [1.807, 2.05) is 12.1 Å². The van der Waals surface area contributed by atoms with Gasteiger partial charge in [0.1, 0.15) is 11.5 Å². The number of anilines is 1. The molecule has 1 heterocycles. The Labute approximate surface area is 170 Å². The molecular formula is C20H24N2O6S. The Hall–Kier alpha value is -2.78. The summed E-state index contributed by atoms with van der Waals surface area (Å²) >= 11 is 0. The van der Waals surface area contributed by atoms with E-state index in [0.717, 1.165) is 5.69 Å². The van der Waals surface area contributed by atoms with E-state index in [2.05, 4.69) is 4.90 Å². The van der Waals surface area contributed by atoms with Gasteiger partial charge in [0.15, 0.2) is 0 Å². The summed E-state index contributed by atoms with van der Waals surface area (Å²) in [5.74, 6) is 0.675. The first kappa shape index (κ1) is 20.9. The van der Waals surface area contributed by atoms with Crippen molar-refractivity contribution in [3.05, 3.63) is 48.0 Å². The summed E-state index contributed by atoms with van der Waals surface area (Å²) < 4.78 is 43.1. The Morgan fingerprint density at radius 1 is 0.931 bits per heavy atom. The zero-order valence-electron chi connectivity index (χ0n) is 16.6. The zero-order chi connectivity index (χ0) is 21.0. The van der Waals surface area contributed by atoms with Crippen molar-refractivity contribution in [3.8, 4) is 11.5 Å². The van der Waals surface area contributed by atoms with Crippen LogP contribution in [0.4, 0.5) is 5.69 Å². The van der Waals surface area contributed by atoms with Crippen LogP contribution in [-0.4, -0.2) is 66.2 Å². The Kier molecular flexibility index (Phi) is 6.29. The first-order valence-electron chi connectivity index (χ1n) is 9.07. The number of carbonyl (C=O) groups excluding carboxylic acids is 1. The fourth-order valence-corrected chi connectivity index (χ4v) is 4.93. The molecule has 1 aliphatic rings. The molecule has 1 fully saturated rings. The summed E-state index contributed by atoms with van der Waals surface area (Å²) in [7, 11) is 0.577. The Morgan fingerprint density at radius 2 is 1.62 bits per heavy atom. The number of nitrogens with zero attached hydrogens (tertiary/aromatic N) is 2. The zero-order valence-corrected chi connectivity index (χ0v) is 17.4. The third kappa shape index (κ3) is 4.15. The summed E-state index contributed by atoms with van der Waals surface area (Å²) in [6.45, 7) is 1.55. The van der Waals surface area contributed by atoms with Gasteiger partial charge in [0.25, 0.3) is 0 Å². The first-order chi connectivity index (χ1) is 13.9. The van der Waals surface area contributed by atoms with Crippen LogP contribution in [-0.2, 0) is 14.8 Å². The molecule has 0 radical (unpaired) electrons. The molecule has 3 rings (SSSR count). The first-order valence-corrected chi connectivity index (χ1v) is 10.5. The maximum Gasteiger partial charge on any atom is 0.339 e. The summed E-state index contributed by atoms with van der Waals surface area (Å²) in [4.78, 5) is 14.0. The minimum Gasteiger partial charge on any atom is -0.497 e. The lowest BCUT2D eigenvalue weighted by Gasteiger charge is -2.36. The minimum absolute atomic E-state index is 0.0363. The van der Waals surface area contributed by atoms with Crippen molar-refractivity contribution >= 4 is 21.7 Å². The molecule has 0 aliphatic carbocycles. The predicted molar refractivity (Wildman–Crippen MR) is 108 cm³/mol. The molecule has 0 saturated carbocycles. The van der Waals surface area contributed by atoms with E-state index in [1.54, 1.807) is 32.4 Å². The average Bonchev–Trinajstić information content (AvgIpc) is 2.78. The Morgan fingerprint density at radius 3 is 2.24 bits per heavy atom. The van der Waals surface area contributed by atoms with Crippen molar-refractivity contribution in [1.82, 2.24) is 4.31 Å². The lowest BCUT2D eigenvalue weighted by molar-refractivity contribution is 0.0596. The fourth-order valence-electron chi connectivity index (χ4n) is 3.32. The molecule has 0 bridgehead atoms. The molecule has 1 saturated heterocycles. The van der Waals surface area contributed by atoms with Gasteiger partial charge in [-0.15, -0.1) is 0 Å². The fraction of sp³-hybridized carbons (Fsp3) is 0.350. The highest BCUT2D eigenvalue weighted by Gasteiger charge is 2.32. The molecule has 29 heavy (non-hydrogen) atoms. The summed E-state index contributed by atoms with van der Waals surface area (Å²) in [5.41, 5.74) is 0.912. The standard InChI is InChI=1S/C20H24N2O6S/c1-26-15-8-9-17(18(14-15)27-2)21-10-12-22(13-11-21)29(24,25)19-7-5-4-6-16(19)20(23)28-3/h4-9,14H,10-13H2,1-3H3. The predicted octanol–water partition coefficient (Wildman–Crippen LogP) is 2.00. The normalized spacial score (nSPS) is 15.1. The third-order valence-corrected chi connectivity index (χ3v) is 6.83. The molecule has 2 aromatic carbocycles. The van der Waals surface area contributed by atoms with Crippen LogP contribution in [0.5, 0.6) is 11.5 Å². The number of methoxy groups -OCH3 is 3.